The number of rotatable bonds is 8. The van der Waals surface area contributed by atoms with Gasteiger partial charge in [-0.05, 0) is 37.0 Å². The van der Waals surface area contributed by atoms with E-state index in [2.05, 4.69) is 10.6 Å². The van der Waals surface area contributed by atoms with E-state index in [1.54, 1.807) is 36.3 Å². The summed E-state index contributed by atoms with van der Waals surface area (Å²) >= 11 is 0. The molecule has 2 aromatic carbocycles. The van der Waals surface area contributed by atoms with Crippen molar-refractivity contribution in [3.8, 4) is 5.75 Å². The summed E-state index contributed by atoms with van der Waals surface area (Å²) in [6.07, 6.45) is 9.00. The van der Waals surface area contributed by atoms with Crippen molar-refractivity contribution >= 4 is 23.4 Å². The predicted octanol–water partition coefficient (Wildman–Crippen LogP) is 3.48. The summed E-state index contributed by atoms with van der Waals surface area (Å²) < 4.78 is 11.7. The predicted molar refractivity (Wildman–Crippen MR) is 146 cm³/mol. The SMILES string of the molecule is COc1cccc(NC(=O)[C@@H]2[C@@H]3C=C[C@]4(O3)[C@@H]2C(=O)N(CCc2ccccc2)[C@@H]4C(=O)NC2CCCCC2)c1. The Morgan fingerprint density at radius 1 is 1.05 bits per heavy atom. The van der Waals surface area contributed by atoms with Gasteiger partial charge < -0.3 is 25.0 Å². The summed E-state index contributed by atoms with van der Waals surface area (Å²) in [5, 5.41) is 6.19. The third-order valence-electron chi connectivity index (χ3n) is 8.70. The largest absolute Gasteiger partial charge is 0.497 e. The number of ether oxygens (including phenoxy) is 2. The lowest BCUT2D eigenvalue weighted by molar-refractivity contribution is -0.141. The summed E-state index contributed by atoms with van der Waals surface area (Å²) in [5.41, 5.74) is 0.505. The maximum absolute atomic E-state index is 14.1. The molecule has 3 amide bonds. The molecule has 2 saturated heterocycles. The molecule has 4 aliphatic rings. The minimum Gasteiger partial charge on any atom is -0.497 e. The van der Waals surface area contributed by atoms with Gasteiger partial charge in [-0.1, -0.05) is 67.8 Å². The van der Waals surface area contributed by atoms with Crippen LogP contribution in [0, 0.1) is 11.8 Å². The number of benzene rings is 2. The molecule has 3 fully saturated rings. The fourth-order valence-electron chi connectivity index (χ4n) is 6.86. The zero-order valence-electron chi connectivity index (χ0n) is 22.2. The number of likely N-dealkylation sites (tertiary alicyclic amines) is 1. The highest BCUT2D eigenvalue weighted by molar-refractivity contribution is 6.02. The maximum Gasteiger partial charge on any atom is 0.246 e. The first kappa shape index (κ1) is 25.6. The van der Waals surface area contributed by atoms with E-state index in [0.717, 1.165) is 31.2 Å². The van der Waals surface area contributed by atoms with Gasteiger partial charge in [-0.2, -0.15) is 0 Å². The topological polar surface area (TPSA) is 97.0 Å². The highest BCUT2D eigenvalue weighted by atomic mass is 16.5. The molecule has 3 heterocycles. The van der Waals surface area contributed by atoms with Crippen molar-refractivity contribution in [1.29, 1.82) is 0 Å². The smallest absolute Gasteiger partial charge is 0.246 e. The number of carbonyl (C=O) groups is 3. The molecule has 6 rings (SSSR count). The monoisotopic (exact) mass is 529 g/mol. The van der Waals surface area contributed by atoms with Crippen LogP contribution in [0.2, 0.25) is 0 Å². The van der Waals surface area contributed by atoms with E-state index in [1.807, 2.05) is 42.5 Å². The number of hydrogen-bond donors (Lipinski definition) is 2. The minimum absolute atomic E-state index is 0.0996. The van der Waals surface area contributed by atoms with Crippen LogP contribution in [0.25, 0.3) is 0 Å². The molecule has 39 heavy (non-hydrogen) atoms. The molecule has 5 atom stereocenters. The molecule has 2 bridgehead atoms. The second-order valence-electron chi connectivity index (χ2n) is 11.0. The number of methoxy groups -OCH3 is 1. The molecule has 8 heteroatoms. The Balaban J connectivity index is 1.29. The fraction of sp³-hybridized carbons (Fsp3) is 0.452. The van der Waals surface area contributed by atoms with Gasteiger partial charge in [0.05, 0.1) is 25.0 Å². The third-order valence-corrected chi connectivity index (χ3v) is 8.70. The highest BCUT2D eigenvalue weighted by Crippen LogP contribution is 2.55. The zero-order valence-corrected chi connectivity index (χ0v) is 22.2. The van der Waals surface area contributed by atoms with E-state index >= 15 is 0 Å². The van der Waals surface area contributed by atoms with E-state index in [9.17, 15) is 14.4 Å². The lowest BCUT2D eigenvalue weighted by atomic mass is 9.74. The van der Waals surface area contributed by atoms with Gasteiger partial charge in [-0.3, -0.25) is 14.4 Å². The molecular weight excluding hydrogens is 494 g/mol. The average Bonchev–Trinajstić information content (AvgIpc) is 3.60. The number of nitrogens with one attached hydrogen (secondary N) is 2. The van der Waals surface area contributed by atoms with Crippen molar-refractivity contribution < 1.29 is 23.9 Å². The minimum atomic E-state index is -1.16. The van der Waals surface area contributed by atoms with Crippen LogP contribution < -0.4 is 15.4 Å². The van der Waals surface area contributed by atoms with Crippen LogP contribution in [0.4, 0.5) is 5.69 Å². The molecule has 2 N–H and O–H groups in total. The van der Waals surface area contributed by atoms with Gasteiger partial charge >= 0.3 is 0 Å². The second-order valence-corrected chi connectivity index (χ2v) is 11.0. The molecule has 1 aliphatic carbocycles. The number of anilines is 1. The van der Waals surface area contributed by atoms with Crippen LogP contribution in [0.5, 0.6) is 5.75 Å². The normalized spacial score (nSPS) is 29.4. The summed E-state index contributed by atoms with van der Waals surface area (Å²) in [6, 6.07) is 16.3. The molecule has 3 aliphatic heterocycles. The van der Waals surface area contributed by atoms with Gasteiger partial charge in [0.25, 0.3) is 0 Å². The number of fused-ring (bicyclic) bond motifs is 1. The molecule has 0 aromatic heterocycles. The quantitative estimate of drug-likeness (QED) is 0.511. The van der Waals surface area contributed by atoms with E-state index in [4.69, 9.17) is 9.47 Å². The summed E-state index contributed by atoms with van der Waals surface area (Å²) in [6.45, 7) is 0.371. The Hall–Kier alpha value is -3.65. The van der Waals surface area contributed by atoms with Crippen LogP contribution in [-0.4, -0.2) is 60.1 Å². The lowest BCUT2D eigenvalue weighted by Crippen LogP contribution is -2.56. The van der Waals surface area contributed by atoms with Crippen LogP contribution in [0.3, 0.4) is 0 Å². The molecule has 204 valence electrons. The first-order chi connectivity index (χ1) is 19.0. The zero-order chi connectivity index (χ0) is 27.0. The second kappa shape index (κ2) is 10.5. The van der Waals surface area contributed by atoms with Crippen molar-refractivity contribution in [3.05, 3.63) is 72.3 Å². The van der Waals surface area contributed by atoms with Gasteiger partial charge in [0, 0.05) is 24.3 Å². The van der Waals surface area contributed by atoms with Crippen molar-refractivity contribution in [1.82, 2.24) is 10.2 Å². The molecule has 1 saturated carbocycles. The number of carbonyl (C=O) groups excluding carboxylic acids is 3. The Morgan fingerprint density at radius 2 is 1.85 bits per heavy atom. The third kappa shape index (κ3) is 4.61. The van der Waals surface area contributed by atoms with Crippen molar-refractivity contribution in [3.63, 3.8) is 0 Å². The average molecular weight is 530 g/mol. The van der Waals surface area contributed by atoms with Crippen molar-refractivity contribution in [2.45, 2.75) is 62.3 Å². The Morgan fingerprint density at radius 3 is 2.62 bits per heavy atom. The Kier molecular flexibility index (Phi) is 6.89. The van der Waals surface area contributed by atoms with Crippen LogP contribution in [-0.2, 0) is 25.5 Å². The summed E-state index contributed by atoms with van der Waals surface area (Å²) in [7, 11) is 1.57. The van der Waals surface area contributed by atoms with Crippen molar-refractivity contribution in [2.75, 3.05) is 19.0 Å². The maximum atomic E-state index is 14.1. The molecule has 0 radical (unpaired) electrons. The van der Waals surface area contributed by atoms with E-state index in [-0.39, 0.29) is 23.8 Å². The van der Waals surface area contributed by atoms with Crippen molar-refractivity contribution in [2.24, 2.45) is 11.8 Å². The van der Waals surface area contributed by atoms with Gasteiger partial charge in [0.15, 0.2) is 0 Å². The fourth-order valence-corrected chi connectivity index (χ4v) is 6.86. The highest BCUT2D eigenvalue weighted by Gasteiger charge is 2.72. The van der Waals surface area contributed by atoms with Gasteiger partial charge in [-0.15, -0.1) is 0 Å². The van der Waals surface area contributed by atoms with Gasteiger partial charge in [0.2, 0.25) is 17.7 Å². The number of amides is 3. The summed E-state index contributed by atoms with van der Waals surface area (Å²) in [5.74, 6) is -1.57. The molecular formula is C31H35N3O5. The summed E-state index contributed by atoms with van der Waals surface area (Å²) in [4.78, 5) is 43.3. The van der Waals surface area contributed by atoms with E-state index < -0.39 is 29.6 Å². The van der Waals surface area contributed by atoms with E-state index in [1.165, 1.54) is 6.42 Å². The Bertz CT molecular complexity index is 1270. The lowest BCUT2D eigenvalue weighted by Gasteiger charge is -2.34. The number of hydrogen-bond acceptors (Lipinski definition) is 5. The number of nitrogens with zero attached hydrogens (tertiary/aromatic N) is 1. The molecule has 0 unspecified atom stereocenters. The van der Waals surface area contributed by atoms with Crippen LogP contribution in [0.15, 0.2) is 66.7 Å². The van der Waals surface area contributed by atoms with Gasteiger partial charge in [-0.25, -0.2) is 0 Å². The molecule has 2 aromatic rings. The molecule has 1 spiro atoms. The van der Waals surface area contributed by atoms with Gasteiger partial charge in [0.1, 0.15) is 17.4 Å². The Labute approximate surface area is 228 Å². The molecule has 8 nitrogen and oxygen atoms in total. The van der Waals surface area contributed by atoms with Crippen LogP contribution >= 0.6 is 0 Å². The first-order valence-electron chi connectivity index (χ1n) is 14.0. The standard InChI is InChI=1S/C31H35N3O5/c1-38-23-14-8-13-22(19-23)33-28(35)25-24-15-17-31(39-24)26(25)30(37)34(18-16-20-9-4-2-5-10-20)27(31)29(36)32-21-11-6-3-7-12-21/h2,4-5,8-10,13-15,17,19,21,24-27H,3,6-7,11-12,16,18H2,1H3,(H,32,36)(H,33,35)/t24-,25+,26-,27+,31-/m0/s1. The van der Waals surface area contributed by atoms with E-state index in [0.29, 0.717) is 24.4 Å². The van der Waals surface area contributed by atoms with Crippen LogP contribution in [0.1, 0.15) is 37.7 Å². The first-order valence-corrected chi connectivity index (χ1v) is 14.0.